The molecule has 0 spiro atoms. The summed E-state index contributed by atoms with van der Waals surface area (Å²) in [5.74, 6) is -0.305. The predicted molar refractivity (Wildman–Crippen MR) is 51.1 cm³/mol. The van der Waals surface area contributed by atoms with Gasteiger partial charge in [0.1, 0.15) is 5.82 Å². The zero-order chi connectivity index (χ0) is 8.72. The Balaban J connectivity index is 2.83. The minimum atomic E-state index is -0.305. The number of benzene rings is 1. The summed E-state index contributed by atoms with van der Waals surface area (Å²) in [7, 11) is 0. The highest BCUT2D eigenvalue weighted by atomic mass is 79.9. The zero-order valence-electron chi connectivity index (χ0n) is 5.84. The molecule has 0 atom stereocenters. The third-order valence-corrected chi connectivity index (χ3v) is 3.05. The van der Waals surface area contributed by atoms with Gasteiger partial charge in [0, 0.05) is 4.70 Å². The molecule has 1 nitrogen and oxygen atoms in total. The second-order valence-corrected chi connectivity index (χ2v) is 4.31. The molecule has 0 amide bonds. The standard InChI is InChI=1S/C8H4BrFOS/c9-5-3-7-4(1-6(5)10)2-8(11)12-7/h1-3,11H. The largest absolute Gasteiger partial charge is 0.499 e. The van der Waals surface area contributed by atoms with Crippen molar-refractivity contribution in [2.24, 2.45) is 0 Å². The van der Waals surface area contributed by atoms with E-state index in [-0.39, 0.29) is 10.9 Å². The van der Waals surface area contributed by atoms with Crippen LogP contribution in [0.2, 0.25) is 0 Å². The van der Waals surface area contributed by atoms with Crippen molar-refractivity contribution in [1.82, 2.24) is 0 Å². The van der Waals surface area contributed by atoms with E-state index in [0.29, 0.717) is 4.47 Å². The van der Waals surface area contributed by atoms with Crippen LogP contribution < -0.4 is 0 Å². The zero-order valence-corrected chi connectivity index (χ0v) is 8.25. The minimum absolute atomic E-state index is 0.211. The topological polar surface area (TPSA) is 20.2 Å². The molecule has 2 rings (SSSR count). The van der Waals surface area contributed by atoms with Crippen molar-refractivity contribution in [2.75, 3.05) is 0 Å². The molecule has 0 aliphatic carbocycles. The summed E-state index contributed by atoms with van der Waals surface area (Å²) in [6.07, 6.45) is 0. The number of thiophene rings is 1. The van der Waals surface area contributed by atoms with E-state index >= 15 is 0 Å². The lowest BCUT2D eigenvalue weighted by atomic mass is 10.2. The van der Waals surface area contributed by atoms with Crippen LogP contribution >= 0.6 is 27.3 Å². The van der Waals surface area contributed by atoms with Gasteiger partial charge >= 0.3 is 0 Å². The maximum atomic E-state index is 12.9. The van der Waals surface area contributed by atoms with Crippen molar-refractivity contribution in [1.29, 1.82) is 0 Å². The van der Waals surface area contributed by atoms with E-state index in [9.17, 15) is 4.39 Å². The third kappa shape index (κ3) is 1.21. The molecule has 1 heterocycles. The Morgan fingerprint density at radius 3 is 2.83 bits per heavy atom. The van der Waals surface area contributed by atoms with Gasteiger partial charge in [-0.25, -0.2) is 4.39 Å². The van der Waals surface area contributed by atoms with Gasteiger partial charge in [-0.15, -0.1) is 0 Å². The van der Waals surface area contributed by atoms with Gasteiger partial charge in [-0.3, -0.25) is 0 Å². The number of rotatable bonds is 0. The smallest absolute Gasteiger partial charge is 0.172 e. The second kappa shape index (κ2) is 2.71. The van der Waals surface area contributed by atoms with Crippen LogP contribution in [0, 0.1) is 5.82 Å². The molecule has 0 aliphatic rings. The molecule has 0 saturated heterocycles. The van der Waals surface area contributed by atoms with Crippen molar-refractivity contribution in [3.8, 4) is 5.06 Å². The van der Waals surface area contributed by atoms with Gasteiger partial charge in [0.15, 0.2) is 5.06 Å². The molecular formula is C8H4BrFOS. The number of hydrogen-bond acceptors (Lipinski definition) is 2. The highest BCUT2D eigenvalue weighted by molar-refractivity contribution is 9.10. The van der Waals surface area contributed by atoms with Crippen LogP contribution in [0.15, 0.2) is 22.7 Å². The van der Waals surface area contributed by atoms with E-state index in [2.05, 4.69) is 15.9 Å². The van der Waals surface area contributed by atoms with Crippen LogP contribution in [0.3, 0.4) is 0 Å². The molecule has 0 saturated carbocycles. The van der Waals surface area contributed by atoms with Gasteiger partial charge in [-0.1, -0.05) is 11.3 Å². The Hall–Kier alpha value is -0.610. The van der Waals surface area contributed by atoms with Crippen LogP contribution in [-0.2, 0) is 0 Å². The van der Waals surface area contributed by atoms with Crippen molar-refractivity contribution in [2.45, 2.75) is 0 Å². The van der Waals surface area contributed by atoms with Gasteiger partial charge in [0.2, 0.25) is 0 Å². The summed E-state index contributed by atoms with van der Waals surface area (Å²) >= 11 is 4.31. The Bertz CT molecular complexity index is 399. The van der Waals surface area contributed by atoms with Crippen molar-refractivity contribution >= 4 is 37.4 Å². The van der Waals surface area contributed by atoms with Gasteiger partial charge < -0.3 is 5.11 Å². The normalized spacial score (nSPS) is 10.8. The summed E-state index contributed by atoms with van der Waals surface area (Å²) in [4.78, 5) is 0. The number of aromatic hydroxyl groups is 1. The summed E-state index contributed by atoms with van der Waals surface area (Å²) in [5, 5.41) is 10.1. The van der Waals surface area contributed by atoms with E-state index in [0.717, 1.165) is 10.1 Å². The summed E-state index contributed by atoms with van der Waals surface area (Å²) in [6, 6.07) is 4.61. The van der Waals surface area contributed by atoms with Crippen molar-refractivity contribution < 1.29 is 9.50 Å². The Morgan fingerprint density at radius 2 is 2.08 bits per heavy atom. The van der Waals surface area contributed by atoms with E-state index in [4.69, 9.17) is 5.11 Å². The Morgan fingerprint density at radius 1 is 1.33 bits per heavy atom. The molecule has 1 aromatic carbocycles. The maximum Gasteiger partial charge on any atom is 0.172 e. The van der Waals surface area contributed by atoms with Crippen LogP contribution in [-0.4, -0.2) is 5.11 Å². The van der Waals surface area contributed by atoms with E-state index < -0.39 is 0 Å². The molecule has 0 radical (unpaired) electrons. The lowest BCUT2D eigenvalue weighted by Crippen LogP contribution is -1.73. The molecular weight excluding hydrogens is 243 g/mol. The first-order valence-electron chi connectivity index (χ1n) is 3.24. The first kappa shape index (κ1) is 8.01. The quantitative estimate of drug-likeness (QED) is 0.755. The van der Waals surface area contributed by atoms with Gasteiger partial charge in [0.25, 0.3) is 0 Å². The third-order valence-electron chi connectivity index (χ3n) is 1.55. The fourth-order valence-electron chi connectivity index (χ4n) is 1.02. The first-order valence-corrected chi connectivity index (χ1v) is 4.85. The molecule has 0 bridgehead atoms. The van der Waals surface area contributed by atoms with Crippen molar-refractivity contribution in [3.63, 3.8) is 0 Å². The fraction of sp³-hybridized carbons (Fsp3) is 0. The highest BCUT2D eigenvalue weighted by Gasteiger charge is 2.04. The monoisotopic (exact) mass is 246 g/mol. The summed E-state index contributed by atoms with van der Waals surface area (Å²) in [6.45, 7) is 0. The average molecular weight is 247 g/mol. The van der Waals surface area contributed by atoms with E-state index in [1.165, 1.54) is 17.4 Å². The van der Waals surface area contributed by atoms with Crippen LogP contribution in [0.25, 0.3) is 10.1 Å². The molecule has 4 heteroatoms. The number of halogens is 2. The van der Waals surface area contributed by atoms with Gasteiger partial charge in [-0.2, -0.15) is 0 Å². The molecule has 0 aliphatic heterocycles. The predicted octanol–water partition coefficient (Wildman–Crippen LogP) is 3.51. The van der Waals surface area contributed by atoms with Crippen LogP contribution in [0.5, 0.6) is 5.06 Å². The fourth-order valence-corrected chi connectivity index (χ4v) is 2.34. The number of hydrogen-bond donors (Lipinski definition) is 1. The minimum Gasteiger partial charge on any atom is -0.499 e. The molecule has 0 unspecified atom stereocenters. The molecule has 1 aromatic heterocycles. The van der Waals surface area contributed by atoms with Crippen LogP contribution in [0.1, 0.15) is 0 Å². The molecule has 2 aromatic rings. The van der Waals surface area contributed by atoms with Gasteiger partial charge in [-0.05, 0) is 39.5 Å². The number of fused-ring (bicyclic) bond motifs is 1. The van der Waals surface area contributed by atoms with Gasteiger partial charge in [0.05, 0.1) is 4.47 Å². The molecule has 62 valence electrons. The summed E-state index contributed by atoms with van der Waals surface area (Å²) in [5.41, 5.74) is 0. The Kier molecular flexibility index (Phi) is 1.81. The van der Waals surface area contributed by atoms with Crippen molar-refractivity contribution in [3.05, 3.63) is 28.5 Å². The first-order chi connectivity index (χ1) is 5.66. The summed E-state index contributed by atoms with van der Waals surface area (Å²) < 4.78 is 14.2. The van der Waals surface area contributed by atoms with E-state index in [1.54, 1.807) is 12.1 Å². The van der Waals surface area contributed by atoms with Crippen LogP contribution in [0.4, 0.5) is 4.39 Å². The maximum absolute atomic E-state index is 12.9. The lowest BCUT2D eigenvalue weighted by molar-refractivity contribution is 0.491. The van der Waals surface area contributed by atoms with E-state index in [1.807, 2.05) is 0 Å². The molecule has 0 fully saturated rings. The Labute approximate surface area is 80.6 Å². The SMILES string of the molecule is Oc1cc2cc(F)c(Br)cc2s1. The average Bonchev–Trinajstić information content (AvgIpc) is 2.30. The molecule has 12 heavy (non-hydrogen) atoms. The second-order valence-electron chi connectivity index (χ2n) is 2.39. The lowest BCUT2D eigenvalue weighted by Gasteiger charge is -1.92. The highest BCUT2D eigenvalue weighted by Crippen LogP contribution is 2.33. The molecule has 1 N–H and O–H groups in total.